The van der Waals surface area contributed by atoms with E-state index in [1.165, 1.54) is 6.26 Å². The minimum absolute atomic E-state index is 0.105. The van der Waals surface area contributed by atoms with Crippen molar-refractivity contribution in [2.45, 2.75) is 0 Å². The van der Waals surface area contributed by atoms with Crippen LogP contribution in [-0.4, -0.2) is 16.7 Å². The zero-order valence-corrected chi connectivity index (χ0v) is 11.8. The van der Waals surface area contributed by atoms with Gasteiger partial charge in [0, 0.05) is 6.07 Å². The predicted octanol–water partition coefficient (Wildman–Crippen LogP) is 3.14. The third kappa shape index (κ3) is 1.79. The van der Waals surface area contributed by atoms with Crippen LogP contribution in [-0.2, 0) is 0 Å². The lowest BCUT2D eigenvalue weighted by molar-refractivity contribution is 0.414. The molecule has 0 radical (unpaired) electrons. The van der Waals surface area contributed by atoms with Crippen LogP contribution >= 0.6 is 0 Å². The molecule has 0 aliphatic carbocycles. The van der Waals surface area contributed by atoms with Gasteiger partial charge in [-0.1, -0.05) is 12.1 Å². The summed E-state index contributed by atoms with van der Waals surface area (Å²) in [5.41, 5.74) is 2.52. The quantitative estimate of drug-likeness (QED) is 0.569. The molecule has 0 aliphatic rings. The van der Waals surface area contributed by atoms with Gasteiger partial charge in [0.1, 0.15) is 29.6 Å². The smallest absolute Gasteiger partial charge is 0.216 e. The number of ether oxygens (including phenoxy) is 1. The van der Waals surface area contributed by atoms with Crippen LogP contribution in [0.5, 0.6) is 5.75 Å². The topological polar surface area (TPSA) is 57.3 Å². The summed E-state index contributed by atoms with van der Waals surface area (Å²) in [7, 11) is 1.57. The molecule has 4 rings (SSSR count). The van der Waals surface area contributed by atoms with Crippen LogP contribution in [0.2, 0.25) is 0 Å². The largest absolute Gasteiger partial charge is 0.497 e. The molecule has 0 N–H and O–H groups in total. The number of aromatic nitrogens is 2. The first-order chi connectivity index (χ1) is 10.8. The van der Waals surface area contributed by atoms with Gasteiger partial charge in [0.25, 0.3) is 0 Å². The lowest BCUT2D eigenvalue weighted by atomic mass is 10.2. The summed E-state index contributed by atoms with van der Waals surface area (Å²) in [5, 5.41) is 0.510. The highest BCUT2D eigenvalue weighted by molar-refractivity contribution is 5.82. The maximum absolute atomic E-state index is 12.7. The maximum atomic E-state index is 12.7. The molecule has 5 heteroatoms. The van der Waals surface area contributed by atoms with Gasteiger partial charge in [0.05, 0.1) is 23.5 Å². The highest BCUT2D eigenvalue weighted by Gasteiger charge is 2.12. The highest BCUT2D eigenvalue weighted by atomic mass is 16.5. The summed E-state index contributed by atoms with van der Waals surface area (Å²) in [5.74, 6) is 0.650. The van der Waals surface area contributed by atoms with Crippen molar-refractivity contribution < 1.29 is 9.15 Å². The van der Waals surface area contributed by atoms with Gasteiger partial charge >= 0.3 is 0 Å². The van der Waals surface area contributed by atoms with Crippen LogP contribution in [0.1, 0.15) is 0 Å². The molecule has 2 aromatic carbocycles. The molecule has 108 valence electrons. The molecule has 2 aromatic heterocycles. The Morgan fingerprint density at radius 1 is 1.18 bits per heavy atom. The second kappa shape index (κ2) is 4.73. The molecule has 0 atom stereocenters. The predicted molar refractivity (Wildman–Crippen MR) is 83.7 cm³/mol. The van der Waals surface area contributed by atoms with Crippen LogP contribution in [0.3, 0.4) is 0 Å². The van der Waals surface area contributed by atoms with Gasteiger partial charge in [-0.15, -0.1) is 0 Å². The van der Waals surface area contributed by atoms with Crippen LogP contribution in [0, 0.1) is 0 Å². The van der Waals surface area contributed by atoms with Gasteiger partial charge in [-0.3, -0.25) is 9.36 Å². The highest BCUT2D eigenvalue weighted by Crippen LogP contribution is 2.21. The van der Waals surface area contributed by atoms with E-state index in [1.807, 2.05) is 24.3 Å². The van der Waals surface area contributed by atoms with E-state index in [2.05, 4.69) is 4.98 Å². The van der Waals surface area contributed by atoms with Gasteiger partial charge in [-0.2, -0.15) is 0 Å². The Hall–Kier alpha value is -3.08. The monoisotopic (exact) mass is 292 g/mol. The first kappa shape index (κ1) is 12.6. The molecule has 0 spiro atoms. The van der Waals surface area contributed by atoms with Crippen molar-refractivity contribution in [3.63, 3.8) is 0 Å². The Morgan fingerprint density at radius 3 is 2.91 bits per heavy atom. The van der Waals surface area contributed by atoms with Crippen molar-refractivity contribution in [2.75, 3.05) is 7.11 Å². The van der Waals surface area contributed by atoms with Crippen molar-refractivity contribution in [1.82, 2.24) is 9.55 Å². The number of benzene rings is 2. The van der Waals surface area contributed by atoms with E-state index >= 15 is 0 Å². The Labute approximate surface area is 125 Å². The average molecular weight is 292 g/mol. The lowest BCUT2D eigenvalue weighted by Gasteiger charge is -2.05. The van der Waals surface area contributed by atoms with E-state index in [1.54, 1.807) is 36.2 Å². The first-order valence-corrected chi connectivity index (χ1v) is 6.80. The molecule has 22 heavy (non-hydrogen) atoms. The second-order valence-corrected chi connectivity index (χ2v) is 4.92. The standard InChI is InChI=1S/C17H12N2O3/c1-21-11-6-7-12-16(8-11)22-9-15(17(12)20)19-10-18-13-4-2-3-5-14(13)19/h2-10H,1H3. The zero-order valence-electron chi connectivity index (χ0n) is 11.8. The van der Waals surface area contributed by atoms with Gasteiger partial charge < -0.3 is 9.15 Å². The molecule has 0 amide bonds. The van der Waals surface area contributed by atoms with E-state index < -0.39 is 0 Å². The van der Waals surface area contributed by atoms with Crippen molar-refractivity contribution in [3.05, 3.63) is 65.3 Å². The molecule has 0 fully saturated rings. The fourth-order valence-electron chi connectivity index (χ4n) is 2.54. The number of hydrogen-bond donors (Lipinski definition) is 0. The van der Waals surface area contributed by atoms with Gasteiger partial charge in [0.15, 0.2) is 0 Å². The summed E-state index contributed by atoms with van der Waals surface area (Å²) < 4.78 is 12.5. The Balaban J connectivity index is 2.00. The maximum Gasteiger partial charge on any atom is 0.216 e. The molecule has 0 saturated heterocycles. The van der Waals surface area contributed by atoms with Gasteiger partial charge in [-0.05, 0) is 24.3 Å². The third-order valence-corrected chi connectivity index (χ3v) is 3.68. The molecule has 4 aromatic rings. The first-order valence-electron chi connectivity index (χ1n) is 6.80. The fourth-order valence-corrected chi connectivity index (χ4v) is 2.54. The molecular formula is C17H12N2O3. The van der Waals surface area contributed by atoms with E-state index in [0.717, 1.165) is 11.0 Å². The molecular weight excluding hydrogens is 280 g/mol. The molecule has 0 saturated carbocycles. The molecule has 2 heterocycles. The Bertz CT molecular complexity index is 1050. The second-order valence-electron chi connectivity index (χ2n) is 4.92. The van der Waals surface area contributed by atoms with Crippen molar-refractivity contribution in [3.8, 4) is 11.4 Å². The Kier molecular flexibility index (Phi) is 2.72. The zero-order chi connectivity index (χ0) is 15.1. The van der Waals surface area contributed by atoms with Crippen LogP contribution in [0.25, 0.3) is 27.7 Å². The molecule has 0 unspecified atom stereocenters. The number of fused-ring (bicyclic) bond motifs is 2. The molecule has 0 aliphatic heterocycles. The van der Waals surface area contributed by atoms with Crippen molar-refractivity contribution in [1.29, 1.82) is 0 Å². The lowest BCUT2D eigenvalue weighted by Crippen LogP contribution is -2.10. The SMILES string of the molecule is COc1ccc2c(=O)c(-n3cnc4ccccc43)coc2c1. The third-order valence-electron chi connectivity index (χ3n) is 3.68. The summed E-state index contributed by atoms with van der Waals surface area (Å²) in [6, 6.07) is 12.8. The van der Waals surface area contributed by atoms with Crippen LogP contribution in [0.15, 0.2) is 64.3 Å². The van der Waals surface area contributed by atoms with Crippen molar-refractivity contribution in [2.24, 2.45) is 0 Å². The number of rotatable bonds is 2. The summed E-state index contributed by atoms with van der Waals surface area (Å²) in [6.07, 6.45) is 3.09. The van der Waals surface area contributed by atoms with Gasteiger partial charge in [0.2, 0.25) is 5.43 Å². The number of para-hydroxylation sites is 2. The number of hydrogen-bond acceptors (Lipinski definition) is 4. The van der Waals surface area contributed by atoms with Gasteiger partial charge in [-0.25, -0.2) is 4.98 Å². The summed E-state index contributed by atoms with van der Waals surface area (Å²) in [4.78, 5) is 17.0. The average Bonchev–Trinajstić information content (AvgIpc) is 2.99. The van der Waals surface area contributed by atoms with E-state index in [4.69, 9.17) is 9.15 Å². The van der Waals surface area contributed by atoms with Crippen LogP contribution in [0.4, 0.5) is 0 Å². The van der Waals surface area contributed by atoms with Crippen molar-refractivity contribution >= 4 is 22.0 Å². The minimum Gasteiger partial charge on any atom is -0.497 e. The molecule has 5 nitrogen and oxygen atoms in total. The van der Waals surface area contributed by atoms with E-state index in [-0.39, 0.29) is 5.43 Å². The normalized spacial score (nSPS) is 11.1. The van der Waals surface area contributed by atoms with E-state index in [0.29, 0.717) is 22.4 Å². The summed E-state index contributed by atoms with van der Waals surface area (Å²) >= 11 is 0. The number of imidazole rings is 1. The summed E-state index contributed by atoms with van der Waals surface area (Å²) in [6.45, 7) is 0. The Morgan fingerprint density at radius 2 is 2.05 bits per heavy atom. The number of nitrogens with zero attached hydrogens (tertiary/aromatic N) is 2. The van der Waals surface area contributed by atoms with Crippen LogP contribution < -0.4 is 10.2 Å². The van der Waals surface area contributed by atoms with E-state index in [9.17, 15) is 4.79 Å². The number of methoxy groups -OCH3 is 1. The fraction of sp³-hybridized carbons (Fsp3) is 0.0588. The minimum atomic E-state index is -0.105. The molecule has 0 bridgehead atoms.